The molecule has 1 amide bonds. The molecule has 2 aliphatic rings. The van der Waals surface area contributed by atoms with Crippen molar-refractivity contribution in [3.8, 4) is 0 Å². The Morgan fingerprint density at radius 3 is 2.86 bits per heavy atom. The number of carbonyl (C=O) groups excluding carboxylic acids is 1. The van der Waals surface area contributed by atoms with Gasteiger partial charge in [0.05, 0.1) is 17.0 Å². The van der Waals surface area contributed by atoms with Crippen LogP contribution in [-0.2, 0) is 0 Å². The monoisotopic (exact) mass is 288 g/mol. The number of piperidine rings is 2. The third-order valence-corrected chi connectivity index (χ3v) is 4.84. The second-order valence-electron chi connectivity index (χ2n) is 6.60. The standard InChI is InChI=1S/C16H24N4O/c1-12-9-14(13(2)19-18-12)15(21)20-8-4-6-16(11-20)5-3-7-17-10-16/h9,17H,3-8,10-11H2,1-2H3. The maximum absolute atomic E-state index is 12.8. The average Bonchev–Trinajstić information content (AvgIpc) is 2.50. The quantitative estimate of drug-likeness (QED) is 0.854. The molecule has 1 atom stereocenters. The van der Waals surface area contributed by atoms with Crippen LogP contribution in [0.1, 0.15) is 47.4 Å². The van der Waals surface area contributed by atoms with Gasteiger partial charge in [0.2, 0.25) is 0 Å². The largest absolute Gasteiger partial charge is 0.338 e. The maximum Gasteiger partial charge on any atom is 0.255 e. The third-order valence-electron chi connectivity index (χ3n) is 4.84. The molecule has 0 aliphatic carbocycles. The summed E-state index contributed by atoms with van der Waals surface area (Å²) in [5, 5.41) is 11.6. The van der Waals surface area contributed by atoms with Crippen LogP contribution < -0.4 is 5.32 Å². The maximum atomic E-state index is 12.8. The Kier molecular flexibility index (Phi) is 3.93. The molecule has 3 rings (SSSR count). The van der Waals surface area contributed by atoms with Crippen LogP contribution >= 0.6 is 0 Å². The number of aromatic nitrogens is 2. The predicted molar refractivity (Wildman–Crippen MR) is 81.2 cm³/mol. The van der Waals surface area contributed by atoms with Crippen LogP contribution in [0.4, 0.5) is 0 Å². The number of hydrogen-bond donors (Lipinski definition) is 1. The fourth-order valence-electron chi connectivity index (χ4n) is 3.70. The van der Waals surface area contributed by atoms with Crippen molar-refractivity contribution >= 4 is 5.91 Å². The lowest BCUT2D eigenvalue weighted by Crippen LogP contribution is -2.52. The van der Waals surface area contributed by atoms with Crippen molar-refractivity contribution < 1.29 is 4.79 Å². The molecule has 2 aliphatic heterocycles. The minimum absolute atomic E-state index is 0.121. The van der Waals surface area contributed by atoms with E-state index in [9.17, 15) is 4.79 Å². The van der Waals surface area contributed by atoms with Crippen LogP contribution in [0.2, 0.25) is 0 Å². The summed E-state index contributed by atoms with van der Waals surface area (Å²) >= 11 is 0. The third kappa shape index (κ3) is 2.93. The topological polar surface area (TPSA) is 58.1 Å². The number of rotatable bonds is 1. The van der Waals surface area contributed by atoms with Gasteiger partial charge in [-0.1, -0.05) is 0 Å². The van der Waals surface area contributed by atoms with Crippen LogP contribution in [0.15, 0.2) is 6.07 Å². The molecule has 0 bridgehead atoms. The Hall–Kier alpha value is -1.49. The molecule has 1 unspecified atom stereocenters. The minimum Gasteiger partial charge on any atom is -0.338 e. The highest BCUT2D eigenvalue weighted by Crippen LogP contribution is 2.36. The number of likely N-dealkylation sites (tertiary alicyclic amines) is 1. The van der Waals surface area contributed by atoms with E-state index in [1.165, 1.54) is 19.3 Å². The van der Waals surface area contributed by atoms with Gasteiger partial charge < -0.3 is 10.2 Å². The molecule has 3 heterocycles. The van der Waals surface area contributed by atoms with E-state index in [-0.39, 0.29) is 11.3 Å². The van der Waals surface area contributed by atoms with E-state index in [0.717, 1.165) is 44.0 Å². The van der Waals surface area contributed by atoms with E-state index in [0.29, 0.717) is 5.56 Å². The minimum atomic E-state index is 0.121. The van der Waals surface area contributed by atoms with Crippen molar-refractivity contribution in [1.82, 2.24) is 20.4 Å². The van der Waals surface area contributed by atoms with Gasteiger partial charge in [-0.15, -0.1) is 0 Å². The Balaban J connectivity index is 1.79. The number of nitrogens with one attached hydrogen (secondary N) is 1. The highest BCUT2D eigenvalue weighted by molar-refractivity contribution is 5.95. The zero-order chi connectivity index (χ0) is 14.9. The van der Waals surface area contributed by atoms with Crippen molar-refractivity contribution in [1.29, 1.82) is 0 Å². The molecule has 0 aromatic carbocycles. The van der Waals surface area contributed by atoms with Crippen molar-refractivity contribution in [2.24, 2.45) is 5.41 Å². The molecule has 0 saturated carbocycles. The summed E-state index contributed by atoms with van der Waals surface area (Å²) in [5.41, 5.74) is 2.53. The molecule has 21 heavy (non-hydrogen) atoms. The molecule has 0 radical (unpaired) electrons. The predicted octanol–water partition coefficient (Wildman–Crippen LogP) is 1.70. The second kappa shape index (κ2) is 5.72. The van der Waals surface area contributed by atoms with Crippen molar-refractivity contribution in [3.05, 3.63) is 23.0 Å². The summed E-state index contributed by atoms with van der Waals surface area (Å²) in [6.07, 6.45) is 4.79. The summed E-state index contributed by atoms with van der Waals surface area (Å²) in [4.78, 5) is 14.9. The smallest absolute Gasteiger partial charge is 0.255 e. The van der Waals surface area contributed by atoms with E-state index in [1.807, 2.05) is 24.8 Å². The molecule has 1 N–H and O–H groups in total. The first-order valence-corrected chi connectivity index (χ1v) is 7.91. The fraction of sp³-hybridized carbons (Fsp3) is 0.688. The van der Waals surface area contributed by atoms with E-state index in [2.05, 4.69) is 15.5 Å². The number of aryl methyl sites for hydroxylation is 2. The SMILES string of the molecule is Cc1cc(C(=O)N2CCCC3(CCCNC3)C2)c(C)nn1. The van der Waals surface area contributed by atoms with Crippen LogP contribution in [-0.4, -0.2) is 47.2 Å². The first-order chi connectivity index (χ1) is 10.1. The zero-order valence-electron chi connectivity index (χ0n) is 13.0. The molecule has 5 heteroatoms. The summed E-state index contributed by atoms with van der Waals surface area (Å²) in [7, 11) is 0. The average molecular weight is 288 g/mol. The molecular formula is C16H24N4O. The Labute approximate surface area is 126 Å². The van der Waals surface area contributed by atoms with Crippen molar-refractivity contribution in [2.45, 2.75) is 39.5 Å². The van der Waals surface area contributed by atoms with Gasteiger partial charge in [-0.2, -0.15) is 10.2 Å². The molecule has 2 fully saturated rings. The lowest BCUT2D eigenvalue weighted by atomic mass is 9.74. The van der Waals surface area contributed by atoms with Gasteiger partial charge >= 0.3 is 0 Å². The van der Waals surface area contributed by atoms with Gasteiger partial charge in [-0.25, -0.2) is 0 Å². The lowest BCUT2D eigenvalue weighted by molar-refractivity contribution is 0.0432. The number of nitrogens with zero attached hydrogens (tertiary/aromatic N) is 3. The van der Waals surface area contributed by atoms with Gasteiger partial charge in [-0.05, 0) is 52.1 Å². The summed E-state index contributed by atoms with van der Waals surface area (Å²) in [5.74, 6) is 0.121. The molecule has 114 valence electrons. The van der Waals surface area contributed by atoms with E-state index < -0.39 is 0 Å². The summed E-state index contributed by atoms with van der Waals surface area (Å²) < 4.78 is 0. The second-order valence-corrected chi connectivity index (χ2v) is 6.60. The van der Waals surface area contributed by atoms with Crippen LogP contribution in [0, 0.1) is 19.3 Å². The lowest BCUT2D eigenvalue weighted by Gasteiger charge is -2.45. The van der Waals surface area contributed by atoms with Gasteiger partial charge in [-0.3, -0.25) is 4.79 Å². The molecule has 1 aromatic rings. The number of carbonyl (C=O) groups is 1. The normalized spacial score (nSPS) is 26.1. The zero-order valence-corrected chi connectivity index (χ0v) is 13.0. The van der Waals surface area contributed by atoms with Crippen LogP contribution in [0.3, 0.4) is 0 Å². The number of amides is 1. The Morgan fingerprint density at radius 1 is 1.29 bits per heavy atom. The van der Waals surface area contributed by atoms with E-state index in [1.54, 1.807) is 0 Å². The van der Waals surface area contributed by atoms with Crippen LogP contribution in [0.25, 0.3) is 0 Å². The summed E-state index contributed by atoms with van der Waals surface area (Å²) in [6.45, 7) is 7.64. The first kappa shape index (κ1) is 14.4. The molecule has 1 spiro atoms. The highest BCUT2D eigenvalue weighted by Gasteiger charge is 2.38. The first-order valence-electron chi connectivity index (χ1n) is 7.91. The van der Waals surface area contributed by atoms with E-state index >= 15 is 0 Å². The Morgan fingerprint density at radius 2 is 2.10 bits per heavy atom. The molecule has 5 nitrogen and oxygen atoms in total. The van der Waals surface area contributed by atoms with Gasteiger partial charge in [0.15, 0.2) is 0 Å². The van der Waals surface area contributed by atoms with Crippen LogP contribution in [0.5, 0.6) is 0 Å². The highest BCUT2D eigenvalue weighted by atomic mass is 16.2. The number of hydrogen-bond acceptors (Lipinski definition) is 4. The summed E-state index contributed by atoms with van der Waals surface area (Å²) in [6, 6.07) is 1.87. The van der Waals surface area contributed by atoms with Crippen molar-refractivity contribution in [3.63, 3.8) is 0 Å². The van der Waals surface area contributed by atoms with E-state index in [4.69, 9.17) is 0 Å². The fourth-order valence-corrected chi connectivity index (χ4v) is 3.70. The molecule has 1 aromatic heterocycles. The molecule has 2 saturated heterocycles. The Bertz CT molecular complexity index is 532. The van der Waals surface area contributed by atoms with Gasteiger partial charge in [0.25, 0.3) is 5.91 Å². The van der Waals surface area contributed by atoms with Gasteiger partial charge in [0.1, 0.15) is 0 Å². The van der Waals surface area contributed by atoms with Crippen molar-refractivity contribution in [2.75, 3.05) is 26.2 Å². The molecular weight excluding hydrogens is 264 g/mol. The van der Waals surface area contributed by atoms with Gasteiger partial charge in [0, 0.05) is 25.0 Å².